The molecular formula is C12H12F4O2. The molecule has 0 aromatic heterocycles. The van der Waals surface area contributed by atoms with Crippen LogP contribution in [0.15, 0.2) is 18.2 Å². The largest absolute Gasteiger partial charge is 0.419 e. The van der Waals surface area contributed by atoms with Gasteiger partial charge in [-0.1, -0.05) is 0 Å². The molecule has 0 N–H and O–H groups in total. The topological polar surface area (TPSA) is 26.3 Å². The van der Waals surface area contributed by atoms with E-state index in [-0.39, 0.29) is 18.6 Å². The Morgan fingerprint density at radius 1 is 1.33 bits per heavy atom. The lowest BCUT2D eigenvalue weighted by molar-refractivity contribution is -0.140. The van der Waals surface area contributed by atoms with E-state index in [9.17, 15) is 22.4 Å². The van der Waals surface area contributed by atoms with Gasteiger partial charge >= 0.3 is 6.18 Å². The van der Waals surface area contributed by atoms with E-state index in [2.05, 4.69) is 0 Å². The van der Waals surface area contributed by atoms with Crippen LogP contribution in [0.5, 0.6) is 0 Å². The summed E-state index contributed by atoms with van der Waals surface area (Å²) >= 11 is 0. The summed E-state index contributed by atoms with van der Waals surface area (Å²) < 4.78 is 55.2. The van der Waals surface area contributed by atoms with Gasteiger partial charge in [-0.15, -0.1) is 0 Å². The lowest BCUT2D eigenvalue weighted by atomic mass is 10.0. The number of ketones is 1. The summed E-state index contributed by atoms with van der Waals surface area (Å²) in [5, 5.41) is 0. The first-order valence-corrected chi connectivity index (χ1v) is 5.34. The highest BCUT2D eigenvalue weighted by atomic mass is 19.4. The highest BCUT2D eigenvalue weighted by molar-refractivity contribution is 5.96. The second-order valence-corrected chi connectivity index (χ2v) is 3.56. The fraction of sp³-hybridized carbons (Fsp3) is 0.417. The molecule has 2 nitrogen and oxygen atoms in total. The number of Topliss-reactive ketones (excluding diaryl/α,β-unsaturated/α-hetero) is 1. The first-order valence-electron chi connectivity index (χ1n) is 5.34. The maximum Gasteiger partial charge on any atom is 0.419 e. The molecule has 0 atom stereocenters. The molecule has 0 fully saturated rings. The molecule has 18 heavy (non-hydrogen) atoms. The molecule has 0 bridgehead atoms. The molecule has 0 unspecified atom stereocenters. The van der Waals surface area contributed by atoms with Crippen molar-refractivity contribution in [3.63, 3.8) is 0 Å². The predicted molar refractivity (Wildman–Crippen MR) is 56.8 cm³/mol. The summed E-state index contributed by atoms with van der Waals surface area (Å²) in [5.74, 6) is -1.89. The van der Waals surface area contributed by atoms with E-state index < -0.39 is 23.3 Å². The molecule has 1 aromatic carbocycles. The van der Waals surface area contributed by atoms with Gasteiger partial charge in [-0.25, -0.2) is 4.39 Å². The number of hydrogen-bond donors (Lipinski definition) is 0. The fourth-order valence-corrected chi connectivity index (χ4v) is 1.37. The number of benzene rings is 1. The molecule has 1 rings (SSSR count). The van der Waals surface area contributed by atoms with Crippen LogP contribution in [0.2, 0.25) is 0 Å². The molecule has 0 saturated carbocycles. The molecular weight excluding hydrogens is 252 g/mol. The van der Waals surface area contributed by atoms with Crippen LogP contribution in [0.3, 0.4) is 0 Å². The van der Waals surface area contributed by atoms with Gasteiger partial charge in [0.05, 0.1) is 12.2 Å². The van der Waals surface area contributed by atoms with Gasteiger partial charge in [-0.2, -0.15) is 13.2 Å². The van der Waals surface area contributed by atoms with E-state index in [1.807, 2.05) is 0 Å². The Morgan fingerprint density at radius 2 is 2.00 bits per heavy atom. The van der Waals surface area contributed by atoms with Crippen molar-refractivity contribution in [3.05, 3.63) is 35.1 Å². The second-order valence-electron chi connectivity index (χ2n) is 3.56. The average Bonchev–Trinajstić information content (AvgIpc) is 2.28. The molecule has 0 heterocycles. The van der Waals surface area contributed by atoms with Crippen LogP contribution in [-0.4, -0.2) is 19.0 Å². The van der Waals surface area contributed by atoms with Crippen LogP contribution in [0.25, 0.3) is 0 Å². The standard InChI is InChI=1S/C12H12F4O2/c1-2-18-6-5-11(17)8-3-4-10(13)9(7-8)12(14,15)16/h3-4,7H,2,5-6H2,1H3. The van der Waals surface area contributed by atoms with Crippen molar-refractivity contribution in [1.29, 1.82) is 0 Å². The van der Waals surface area contributed by atoms with Crippen LogP contribution in [0.4, 0.5) is 17.6 Å². The number of carbonyl (C=O) groups excluding carboxylic acids is 1. The maximum absolute atomic E-state index is 13.0. The zero-order valence-electron chi connectivity index (χ0n) is 9.68. The summed E-state index contributed by atoms with van der Waals surface area (Å²) in [6.07, 6.45) is -4.84. The monoisotopic (exact) mass is 264 g/mol. The van der Waals surface area contributed by atoms with Gasteiger partial charge in [0.2, 0.25) is 0 Å². The van der Waals surface area contributed by atoms with Crippen LogP contribution >= 0.6 is 0 Å². The lowest BCUT2D eigenvalue weighted by Gasteiger charge is -2.09. The summed E-state index contributed by atoms with van der Waals surface area (Å²) in [6.45, 7) is 2.29. The van der Waals surface area contributed by atoms with Gasteiger partial charge in [-0.05, 0) is 25.1 Å². The minimum atomic E-state index is -4.81. The first kappa shape index (κ1) is 14.6. The highest BCUT2D eigenvalue weighted by Crippen LogP contribution is 2.32. The molecule has 0 saturated heterocycles. The summed E-state index contributed by atoms with van der Waals surface area (Å²) in [5.41, 5.74) is -1.59. The van der Waals surface area contributed by atoms with Crippen molar-refractivity contribution in [2.75, 3.05) is 13.2 Å². The van der Waals surface area contributed by atoms with Crippen molar-refractivity contribution >= 4 is 5.78 Å². The SMILES string of the molecule is CCOCCC(=O)c1ccc(F)c(C(F)(F)F)c1. The molecule has 0 spiro atoms. The van der Waals surface area contributed by atoms with Gasteiger partial charge in [0, 0.05) is 18.6 Å². The summed E-state index contributed by atoms with van der Waals surface area (Å²) in [6, 6.07) is 2.22. The molecule has 0 aliphatic rings. The van der Waals surface area contributed by atoms with E-state index in [1.165, 1.54) is 0 Å². The molecule has 0 radical (unpaired) electrons. The van der Waals surface area contributed by atoms with Crippen molar-refractivity contribution in [1.82, 2.24) is 0 Å². The van der Waals surface area contributed by atoms with Gasteiger partial charge in [0.15, 0.2) is 5.78 Å². The minimum absolute atomic E-state index is 0.0310. The van der Waals surface area contributed by atoms with Crippen LogP contribution in [0, 0.1) is 5.82 Å². The zero-order valence-corrected chi connectivity index (χ0v) is 9.68. The molecule has 0 aliphatic carbocycles. The third-order valence-electron chi connectivity index (χ3n) is 2.27. The number of ether oxygens (including phenoxy) is 1. The van der Waals surface area contributed by atoms with Gasteiger partial charge < -0.3 is 4.74 Å². The predicted octanol–water partition coefficient (Wildman–Crippen LogP) is 3.45. The Labute approximate surface area is 102 Å². The Morgan fingerprint density at radius 3 is 2.56 bits per heavy atom. The van der Waals surface area contributed by atoms with Crippen LogP contribution < -0.4 is 0 Å². The average molecular weight is 264 g/mol. The highest BCUT2D eigenvalue weighted by Gasteiger charge is 2.34. The molecule has 0 amide bonds. The fourth-order valence-electron chi connectivity index (χ4n) is 1.37. The molecule has 1 aromatic rings. The normalized spacial score (nSPS) is 11.6. The third-order valence-corrected chi connectivity index (χ3v) is 2.27. The number of carbonyl (C=O) groups is 1. The van der Waals surface area contributed by atoms with Crippen molar-refractivity contribution in [2.24, 2.45) is 0 Å². The summed E-state index contributed by atoms with van der Waals surface area (Å²) in [7, 11) is 0. The smallest absolute Gasteiger partial charge is 0.381 e. The van der Waals surface area contributed by atoms with Crippen LogP contribution in [-0.2, 0) is 10.9 Å². The Bertz CT molecular complexity index is 427. The Kier molecular flexibility index (Phi) is 4.84. The van der Waals surface area contributed by atoms with Crippen molar-refractivity contribution in [3.8, 4) is 0 Å². The number of hydrogen-bond acceptors (Lipinski definition) is 2. The number of halogens is 4. The second kappa shape index (κ2) is 5.95. The quantitative estimate of drug-likeness (QED) is 0.462. The number of rotatable bonds is 5. The van der Waals surface area contributed by atoms with Gasteiger partial charge in [-0.3, -0.25) is 4.79 Å². The maximum atomic E-state index is 13.0. The molecule has 100 valence electrons. The first-order chi connectivity index (χ1) is 8.36. The Hall–Kier alpha value is -1.43. The Balaban J connectivity index is 2.88. The molecule has 6 heteroatoms. The van der Waals surface area contributed by atoms with E-state index >= 15 is 0 Å². The lowest BCUT2D eigenvalue weighted by Crippen LogP contribution is -2.11. The summed E-state index contributed by atoms with van der Waals surface area (Å²) in [4.78, 5) is 11.5. The van der Waals surface area contributed by atoms with E-state index in [1.54, 1.807) is 6.92 Å². The van der Waals surface area contributed by atoms with Gasteiger partial charge in [0.1, 0.15) is 5.82 Å². The van der Waals surface area contributed by atoms with Crippen molar-refractivity contribution < 1.29 is 27.1 Å². The minimum Gasteiger partial charge on any atom is -0.381 e. The van der Waals surface area contributed by atoms with E-state index in [0.29, 0.717) is 18.7 Å². The molecule has 0 aliphatic heterocycles. The third kappa shape index (κ3) is 3.80. The van der Waals surface area contributed by atoms with Crippen molar-refractivity contribution in [2.45, 2.75) is 19.5 Å². The van der Waals surface area contributed by atoms with E-state index in [0.717, 1.165) is 6.07 Å². The van der Waals surface area contributed by atoms with E-state index in [4.69, 9.17) is 4.74 Å². The van der Waals surface area contributed by atoms with Gasteiger partial charge in [0.25, 0.3) is 0 Å². The zero-order chi connectivity index (χ0) is 13.8. The van der Waals surface area contributed by atoms with Crippen LogP contribution in [0.1, 0.15) is 29.3 Å². The number of alkyl halides is 3.